The van der Waals surface area contributed by atoms with E-state index in [2.05, 4.69) is 32.4 Å². The van der Waals surface area contributed by atoms with Crippen LogP contribution in [-0.2, 0) is 15.8 Å². The molecule has 0 aliphatic heterocycles. The molecular formula is C19H18Cl2N4O3S3. The molecule has 164 valence electrons. The minimum atomic E-state index is -3.82. The fourth-order valence-electron chi connectivity index (χ4n) is 2.39. The Morgan fingerprint density at radius 3 is 2.58 bits per heavy atom. The summed E-state index contributed by atoms with van der Waals surface area (Å²) >= 11 is 14.2. The summed E-state index contributed by atoms with van der Waals surface area (Å²) in [7, 11) is -3.82. The van der Waals surface area contributed by atoms with Crippen molar-refractivity contribution in [3.8, 4) is 0 Å². The lowest BCUT2D eigenvalue weighted by atomic mass is 10.2. The van der Waals surface area contributed by atoms with Crippen LogP contribution in [0.25, 0.3) is 0 Å². The third-order valence-electron chi connectivity index (χ3n) is 3.96. The number of anilines is 1. The van der Waals surface area contributed by atoms with E-state index in [0.29, 0.717) is 10.8 Å². The van der Waals surface area contributed by atoms with Crippen LogP contribution in [0.15, 0.2) is 46.8 Å². The first kappa shape index (κ1) is 24.0. The van der Waals surface area contributed by atoms with E-state index in [1.807, 2.05) is 19.1 Å². The fraction of sp³-hybridized carbons (Fsp3) is 0.211. The molecule has 0 radical (unpaired) electrons. The Balaban J connectivity index is 1.50. The molecule has 3 rings (SSSR count). The van der Waals surface area contributed by atoms with Crippen LogP contribution in [0.5, 0.6) is 0 Å². The van der Waals surface area contributed by atoms with E-state index < -0.39 is 15.9 Å². The van der Waals surface area contributed by atoms with Crippen molar-refractivity contribution >= 4 is 67.4 Å². The predicted octanol–water partition coefficient (Wildman–Crippen LogP) is 4.62. The molecule has 1 heterocycles. The summed E-state index contributed by atoms with van der Waals surface area (Å²) in [5, 5.41) is 10.5. The Labute approximate surface area is 198 Å². The summed E-state index contributed by atoms with van der Waals surface area (Å²) in [6.07, 6.45) is 0. The number of benzene rings is 2. The van der Waals surface area contributed by atoms with Gasteiger partial charge in [0.1, 0.15) is 0 Å². The minimum Gasteiger partial charge on any atom is -0.296 e. The molecule has 3 aromatic rings. The van der Waals surface area contributed by atoms with Crippen molar-refractivity contribution in [2.45, 2.75) is 17.0 Å². The average molecular weight is 517 g/mol. The quantitative estimate of drug-likeness (QED) is 0.318. The molecule has 0 saturated carbocycles. The third-order valence-corrected chi connectivity index (χ3v) is 8.21. The van der Waals surface area contributed by atoms with E-state index in [0.717, 1.165) is 17.1 Å². The number of carbonyl (C=O) groups is 1. The smallest absolute Gasteiger partial charge is 0.269 e. The molecule has 0 aliphatic carbocycles. The van der Waals surface area contributed by atoms with Crippen LogP contribution in [0.3, 0.4) is 0 Å². The second kappa shape index (κ2) is 10.8. The summed E-state index contributed by atoms with van der Waals surface area (Å²) in [5.74, 6) is 0.858. The van der Waals surface area contributed by atoms with E-state index in [1.54, 1.807) is 11.8 Å². The highest BCUT2D eigenvalue weighted by molar-refractivity contribution is 7.98. The van der Waals surface area contributed by atoms with Gasteiger partial charge in [0.2, 0.25) is 9.47 Å². The molecule has 0 atom stereocenters. The summed E-state index contributed by atoms with van der Waals surface area (Å²) < 4.78 is 27.1. The average Bonchev–Trinajstić information content (AvgIpc) is 3.18. The van der Waals surface area contributed by atoms with Crippen molar-refractivity contribution < 1.29 is 13.2 Å². The molecule has 2 aromatic carbocycles. The SMILES string of the molecule is Cc1ccc(CSCCNS(=O)(=O)c2nnc(NC(=O)c3ccc(Cl)cc3Cl)s2)cc1. The van der Waals surface area contributed by atoms with Gasteiger partial charge in [-0.1, -0.05) is 64.4 Å². The number of hydrogen-bond donors (Lipinski definition) is 2. The summed E-state index contributed by atoms with van der Waals surface area (Å²) in [4.78, 5) is 12.3. The number of hydrogen-bond acceptors (Lipinski definition) is 7. The largest absolute Gasteiger partial charge is 0.296 e. The van der Waals surface area contributed by atoms with Gasteiger partial charge in [-0.15, -0.1) is 10.2 Å². The Hall–Kier alpha value is -1.69. The maximum atomic E-state index is 12.4. The van der Waals surface area contributed by atoms with Gasteiger partial charge < -0.3 is 0 Å². The van der Waals surface area contributed by atoms with E-state index in [9.17, 15) is 13.2 Å². The fourth-order valence-corrected chi connectivity index (χ4v) is 5.80. The number of amides is 1. The van der Waals surface area contributed by atoms with E-state index in [4.69, 9.17) is 23.2 Å². The van der Waals surface area contributed by atoms with E-state index in [-0.39, 0.29) is 26.6 Å². The molecular weight excluding hydrogens is 499 g/mol. The van der Waals surface area contributed by atoms with Crippen molar-refractivity contribution in [1.82, 2.24) is 14.9 Å². The van der Waals surface area contributed by atoms with Crippen LogP contribution in [0.1, 0.15) is 21.5 Å². The molecule has 1 amide bonds. The van der Waals surface area contributed by atoms with Crippen LogP contribution in [0.4, 0.5) is 5.13 Å². The molecule has 7 nitrogen and oxygen atoms in total. The number of nitrogens with zero attached hydrogens (tertiary/aromatic N) is 2. The van der Waals surface area contributed by atoms with Crippen molar-refractivity contribution in [2.24, 2.45) is 0 Å². The molecule has 31 heavy (non-hydrogen) atoms. The van der Waals surface area contributed by atoms with Crippen LogP contribution in [0.2, 0.25) is 10.0 Å². The molecule has 2 N–H and O–H groups in total. The Morgan fingerprint density at radius 2 is 1.87 bits per heavy atom. The number of thioether (sulfide) groups is 1. The molecule has 0 aliphatic rings. The lowest BCUT2D eigenvalue weighted by Crippen LogP contribution is -2.26. The lowest BCUT2D eigenvalue weighted by Gasteiger charge is -2.05. The van der Waals surface area contributed by atoms with Gasteiger partial charge in [0.25, 0.3) is 15.9 Å². The van der Waals surface area contributed by atoms with Gasteiger partial charge in [0, 0.05) is 23.1 Å². The van der Waals surface area contributed by atoms with Gasteiger partial charge >= 0.3 is 0 Å². The Morgan fingerprint density at radius 1 is 1.13 bits per heavy atom. The van der Waals surface area contributed by atoms with Crippen molar-refractivity contribution in [2.75, 3.05) is 17.6 Å². The summed E-state index contributed by atoms with van der Waals surface area (Å²) in [5.41, 5.74) is 2.57. The van der Waals surface area contributed by atoms with Crippen LogP contribution in [0, 0.1) is 6.92 Å². The number of carbonyl (C=O) groups excluding carboxylic acids is 1. The van der Waals surface area contributed by atoms with Gasteiger partial charge in [-0.2, -0.15) is 11.8 Å². The molecule has 0 bridgehead atoms. The number of sulfonamides is 1. The maximum Gasteiger partial charge on any atom is 0.269 e. The molecule has 1 aromatic heterocycles. The van der Waals surface area contributed by atoms with E-state index >= 15 is 0 Å². The number of rotatable bonds is 9. The topological polar surface area (TPSA) is 101 Å². The monoisotopic (exact) mass is 516 g/mol. The highest BCUT2D eigenvalue weighted by Crippen LogP contribution is 2.24. The molecule has 0 spiro atoms. The number of aromatic nitrogens is 2. The highest BCUT2D eigenvalue weighted by atomic mass is 35.5. The van der Waals surface area contributed by atoms with Gasteiger partial charge in [-0.05, 0) is 30.7 Å². The zero-order chi connectivity index (χ0) is 22.4. The molecule has 0 saturated heterocycles. The zero-order valence-corrected chi connectivity index (χ0v) is 20.2. The second-order valence-corrected chi connectivity index (χ2v) is 11.3. The van der Waals surface area contributed by atoms with Gasteiger partial charge in [-0.25, -0.2) is 13.1 Å². The van der Waals surface area contributed by atoms with Gasteiger partial charge in [0.15, 0.2) is 0 Å². The van der Waals surface area contributed by atoms with E-state index in [1.165, 1.54) is 29.3 Å². The van der Waals surface area contributed by atoms with Crippen molar-refractivity contribution in [1.29, 1.82) is 0 Å². The lowest BCUT2D eigenvalue weighted by molar-refractivity contribution is 0.102. The minimum absolute atomic E-state index is 0.0464. The first-order chi connectivity index (χ1) is 14.7. The zero-order valence-electron chi connectivity index (χ0n) is 16.3. The standard InChI is InChI=1S/C19H18Cl2N4O3S3/c1-12-2-4-13(5-3-12)11-29-9-8-22-31(27,28)19-25-24-18(30-19)23-17(26)15-7-6-14(20)10-16(15)21/h2-7,10,22H,8-9,11H2,1H3,(H,23,24,26). The number of aryl methyl sites for hydroxylation is 1. The first-order valence-electron chi connectivity index (χ1n) is 8.97. The summed E-state index contributed by atoms with van der Waals surface area (Å²) in [6, 6.07) is 12.6. The predicted molar refractivity (Wildman–Crippen MR) is 127 cm³/mol. The maximum absolute atomic E-state index is 12.4. The third kappa shape index (κ3) is 6.90. The van der Waals surface area contributed by atoms with Gasteiger partial charge in [-0.3, -0.25) is 10.1 Å². The van der Waals surface area contributed by atoms with Gasteiger partial charge in [0.05, 0.1) is 10.6 Å². The molecule has 12 heteroatoms. The summed E-state index contributed by atoms with van der Waals surface area (Å²) in [6.45, 7) is 2.28. The second-order valence-electron chi connectivity index (χ2n) is 6.39. The highest BCUT2D eigenvalue weighted by Gasteiger charge is 2.21. The Bertz CT molecular complexity index is 1170. The number of halogens is 2. The van der Waals surface area contributed by atoms with Crippen LogP contribution >= 0.6 is 46.3 Å². The first-order valence-corrected chi connectivity index (χ1v) is 13.2. The number of nitrogens with one attached hydrogen (secondary N) is 2. The van der Waals surface area contributed by atoms with Crippen LogP contribution < -0.4 is 10.0 Å². The van der Waals surface area contributed by atoms with Crippen molar-refractivity contribution in [3.63, 3.8) is 0 Å². The normalized spacial score (nSPS) is 11.5. The van der Waals surface area contributed by atoms with Crippen LogP contribution in [-0.4, -0.2) is 36.8 Å². The van der Waals surface area contributed by atoms with Crippen molar-refractivity contribution in [3.05, 3.63) is 69.2 Å². The Kier molecular flexibility index (Phi) is 8.31. The molecule has 0 fully saturated rings. The molecule has 0 unspecified atom stereocenters.